The first-order valence-corrected chi connectivity index (χ1v) is 10.0. The van der Waals surface area contributed by atoms with Crippen molar-refractivity contribution in [2.24, 2.45) is 11.3 Å². The van der Waals surface area contributed by atoms with Crippen molar-refractivity contribution in [1.82, 2.24) is 9.80 Å². The summed E-state index contributed by atoms with van der Waals surface area (Å²) in [5.41, 5.74) is 0.576. The molecule has 0 aromatic heterocycles. The molecule has 0 spiro atoms. The van der Waals surface area contributed by atoms with Crippen LogP contribution in [0.25, 0.3) is 0 Å². The number of nitrogens with zero attached hydrogens (tertiary/aromatic N) is 2. The van der Waals surface area contributed by atoms with E-state index in [-0.39, 0.29) is 5.60 Å². The first-order chi connectivity index (χ1) is 11.4. The fourth-order valence-corrected chi connectivity index (χ4v) is 5.05. The van der Waals surface area contributed by atoms with Gasteiger partial charge >= 0.3 is 0 Å². The molecule has 0 unspecified atom stereocenters. The van der Waals surface area contributed by atoms with Crippen LogP contribution in [0.5, 0.6) is 0 Å². The second-order valence-corrected chi connectivity index (χ2v) is 9.16. The molecule has 1 aliphatic carbocycles. The summed E-state index contributed by atoms with van der Waals surface area (Å²) in [7, 11) is 1.83. The Bertz CT molecular complexity index is 399. The molecule has 0 amide bonds. The first-order valence-electron chi connectivity index (χ1n) is 10.0. The third-order valence-corrected chi connectivity index (χ3v) is 7.26. The van der Waals surface area contributed by atoms with E-state index in [9.17, 15) is 0 Å². The van der Waals surface area contributed by atoms with E-state index in [0.717, 1.165) is 38.8 Å². The van der Waals surface area contributed by atoms with Gasteiger partial charge < -0.3 is 9.47 Å². The normalized spacial score (nSPS) is 38.4. The van der Waals surface area contributed by atoms with Gasteiger partial charge in [-0.2, -0.15) is 0 Å². The molecule has 0 aromatic carbocycles. The van der Waals surface area contributed by atoms with Crippen LogP contribution in [0.4, 0.5) is 0 Å². The Morgan fingerprint density at radius 3 is 2.29 bits per heavy atom. The first kappa shape index (κ1) is 18.6. The maximum atomic E-state index is 6.54. The number of piperazine rings is 1. The highest BCUT2D eigenvalue weighted by Gasteiger charge is 2.52. The zero-order valence-electron chi connectivity index (χ0n) is 16.5. The SMILES string of the molecule is COC[C@H]1CN(C(C)C)CCN1CC12CCC(C(C)C)(CC1)CO2. The van der Waals surface area contributed by atoms with Crippen LogP contribution in [0.2, 0.25) is 0 Å². The van der Waals surface area contributed by atoms with Gasteiger partial charge in [0.25, 0.3) is 0 Å². The van der Waals surface area contributed by atoms with Gasteiger partial charge in [0.1, 0.15) is 0 Å². The largest absolute Gasteiger partial charge is 0.383 e. The molecule has 1 saturated carbocycles. The monoisotopic (exact) mass is 338 g/mol. The predicted octanol–water partition coefficient (Wildman–Crippen LogP) is 3.01. The molecule has 0 aromatic rings. The van der Waals surface area contributed by atoms with Crippen molar-refractivity contribution in [3.63, 3.8) is 0 Å². The second-order valence-electron chi connectivity index (χ2n) is 9.16. The molecule has 3 heterocycles. The minimum Gasteiger partial charge on any atom is -0.383 e. The maximum Gasteiger partial charge on any atom is 0.0809 e. The van der Waals surface area contributed by atoms with E-state index in [1.807, 2.05) is 7.11 Å². The molecule has 4 rings (SSSR count). The van der Waals surface area contributed by atoms with E-state index in [1.165, 1.54) is 32.2 Å². The summed E-state index contributed by atoms with van der Waals surface area (Å²) in [6.45, 7) is 15.7. The molecule has 24 heavy (non-hydrogen) atoms. The number of hydrogen-bond acceptors (Lipinski definition) is 4. The molecule has 140 valence electrons. The van der Waals surface area contributed by atoms with Crippen LogP contribution < -0.4 is 0 Å². The Kier molecular flexibility index (Phi) is 5.60. The van der Waals surface area contributed by atoms with Crippen LogP contribution in [0.1, 0.15) is 53.4 Å². The van der Waals surface area contributed by atoms with Gasteiger partial charge in [0.05, 0.1) is 18.8 Å². The van der Waals surface area contributed by atoms with Gasteiger partial charge in [-0.05, 0) is 50.9 Å². The van der Waals surface area contributed by atoms with Gasteiger partial charge in [0.15, 0.2) is 0 Å². The number of methoxy groups -OCH3 is 1. The lowest BCUT2D eigenvalue weighted by molar-refractivity contribution is -0.208. The topological polar surface area (TPSA) is 24.9 Å². The van der Waals surface area contributed by atoms with Gasteiger partial charge in [-0.3, -0.25) is 9.80 Å². The Balaban J connectivity index is 1.63. The summed E-state index contributed by atoms with van der Waals surface area (Å²) in [5, 5.41) is 0. The number of fused-ring (bicyclic) bond motifs is 3. The van der Waals surface area contributed by atoms with E-state index in [2.05, 4.69) is 37.5 Å². The third-order valence-electron chi connectivity index (χ3n) is 7.26. The van der Waals surface area contributed by atoms with Crippen molar-refractivity contribution in [1.29, 1.82) is 0 Å². The highest BCUT2D eigenvalue weighted by atomic mass is 16.5. The summed E-state index contributed by atoms with van der Waals surface area (Å²) >= 11 is 0. The molecule has 0 N–H and O–H groups in total. The highest BCUT2D eigenvalue weighted by Crippen LogP contribution is 2.52. The molecule has 3 saturated heterocycles. The van der Waals surface area contributed by atoms with Crippen molar-refractivity contribution in [3.8, 4) is 0 Å². The number of ether oxygens (including phenoxy) is 2. The summed E-state index contributed by atoms with van der Waals surface area (Å²) in [6, 6.07) is 1.12. The molecule has 0 radical (unpaired) electrons. The lowest BCUT2D eigenvalue weighted by Crippen LogP contribution is -2.63. The van der Waals surface area contributed by atoms with Crippen molar-refractivity contribution < 1.29 is 9.47 Å². The number of rotatable bonds is 6. The molecule has 4 heteroatoms. The Labute approximate surface area is 148 Å². The summed E-state index contributed by atoms with van der Waals surface area (Å²) in [4.78, 5) is 5.25. The van der Waals surface area contributed by atoms with E-state index in [1.54, 1.807) is 0 Å². The molecule has 3 aliphatic heterocycles. The standard InChI is InChI=1S/C20H38N2O2/c1-16(2)19-6-8-20(9-7-19,24-15-19)14-22-11-10-21(17(3)4)12-18(22)13-23-5/h16-18H,6-15H2,1-5H3/t18-,19?,20?/m1/s1. The Morgan fingerprint density at radius 1 is 1.08 bits per heavy atom. The van der Waals surface area contributed by atoms with Crippen LogP contribution in [-0.4, -0.2) is 74.0 Å². The van der Waals surface area contributed by atoms with E-state index in [0.29, 0.717) is 17.5 Å². The van der Waals surface area contributed by atoms with E-state index < -0.39 is 0 Å². The molecule has 2 bridgehead atoms. The molecular weight excluding hydrogens is 300 g/mol. The average Bonchev–Trinajstić information content (AvgIpc) is 2.58. The minimum atomic E-state index is 0.114. The lowest BCUT2D eigenvalue weighted by atomic mass is 9.61. The van der Waals surface area contributed by atoms with E-state index in [4.69, 9.17) is 9.47 Å². The van der Waals surface area contributed by atoms with Crippen molar-refractivity contribution >= 4 is 0 Å². The van der Waals surface area contributed by atoms with E-state index >= 15 is 0 Å². The van der Waals surface area contributed by atoms with Crippen LogP contribution >= 0.6 is 0 Å². The van der Waals surface area contributed by atoms with Crippen LogP contribution in [0, 0.1) is 11.3 Å². The third kappa shape index (κ3) is 3.53. The van der Waals surface area contributed by atoms with Gasteiger partial charge in [0, 0.05) is 45.4 Å². The van der Waals surface area contributed by atoms with Crippen molar-refractivity contribution in [2.75, 3.05) is 46.5 Å². The molecule has 4 nitrogen and oxygen atoms in total. The van der Waals surface area contributed by atoms with Gasteiger partial charge in [-0.1, -0.05) is 13.8 Å². The summed E-state index contributed by atoms with van der Waals surface area (Å²) in [6.07, 6.45) is 5.20. The number of hydrogen-bond donors (Lipinski definition) is 0. The molecule has 4 fully saturated rings. The van der Waals surface area contributed by atoms with Crippen LogP contribution in [0.3, 0.4) is 0 Å². The van der Waals surface area contributed by atoms with Gasteiger partial charge in [-0.25, -0.2) is 0 Å². The van der Waals surface area contributed by atoms with Gasteiger partial charge in [0.2, 0.25) is 0 Å². The fourth-order valence-electron chi connectivity index (χ4n) is 5.05. The van der Waals surface area contributed by atoms with Crippen LogP contribution in [-0.2, 0) is 9.47 Å². The molecular formula is C20H38N2O2. The minimum absolute atomic E-state index is 0.114. The Hall–Kier alpha value is -0.160. The average molecular weight is 339 g/mol. The zero-order valence-corrected chi connectivity index (χ0v) is 16.5. The predicted molar refractivity (Wildman–Crippen MR) is 98.4 cm³/mol. The summed E-state index contributed by atoms with van der Waals surface area (Å²) < 4.78 is 12.1. The summed E-state index contributed by atoms with van der Waals surface area (Å²) in [5.74, 6) is 0.742. The maximum absolute atomic E-state index is 6.54. The smallest absolute Gasteiger partial charge is 0.0809 e. The quantitative estimate of drug-likeness (QED) is 0.743. The van der Waals surface area contributed by atoms with Crippen LogP contribution in [0.15, 0.2) is 0 Å². The Morgan fingerprint density at radius 2 is 1.79 bits per heavy atom. The second kappa shape index (κ2) is 7.22. The zero-order chi connectivity index (χ0) is 17.4. The lowest BCUT2D eigenvalue weighted by Gasteiger charge is -2.57. The van der Waals surface area contributed by atoms with Gasteiger partial charge in [-0.15, -0.1) is 0 Å². The fraction of sp³-hybridized carbons (Fsp3) is 1.00. The van der Waals surface area contributed by atoms with Crippen molar-refractivity contribution in [3.05, 3.63) is 0 Å². The molecule has 4 aliphatic rings. The highest BCUT2D eigenvalue weighted by molar-refractivity contribution is 5.03. The van der Waals surface area contributed by atoms with Crippen molar-refractivity contribution in [2.45, 2.75) is 71.1 Å². The molecule has 1 atom stereocenters.